The highest BCUT2D eigenvalue weighted by atomic mass is 19.1. The summed E-state index contributed by atoms with van der Waals surface area (Å²) in [5.41, 5.74) is 2.63. The first-order valence-corrected chi connectivity index (χ1v) is 5.11. The van der Waals surface area contributed by atoms with E-state index in [9.17, 15) is 8.78 Å². The van der Waals surface area contributed by atoms with Crippen molar-refractivity contribution in [2.45, 2.75) is 13.8 Å². The maximum absolute atomic E-state index is 13.6. The fraction of sp³-hybridized carbons (Fsp3) is 0.143. The van der Waals surface area contributed by atoms with Crippen LogP contribution >= 0.6 is 0 Å². The second-order valence-corrected chi connectivity index (χ2v) is 3.92. The quantitative estimate of drug-likeness (QED) is 0.671. The lowest BCUT2D eigenvalue weighted by molar-refractivity contribution is 0.589. The average molecular weight is 218 g/mol. The molecule has 0 saturated carbocycles. The second-order valence-electron chi connectivity index (χ2n) is 3.92. The molecule has 0 aliphatic heterocycles. The Kier molecular flexibility index (Phi) is 2.73. The van der Waals surface area contributed by atoms with Gasteiger partial charge in [-0.2, -0.15) is 0 Å². The van der Waals surface area contributed by atoms with Gasteiger partial charge in [-0.25, -0.2) is 8.78 Å². The Bertz CT molecular complexity index is 510. The molecule has 0 N–H and O–H groups in total. The fourth-order valence-corrected chi connectivity index (χ4v) is 1.85. The Labute approximate surface area is 93.5 Å². The van der Waals surface area contributed by atoms with Crippen LogP contribution in [-0.4, -0.2) is 0 Å². The van der Waals surface area contributed by atoms with Crippen LogP contribution in [0.3, 0.4) is 0 Å². The van der Waals surface area contributed by atoms with Gasteiger partial charge in [-0.1, -0.05) is 29.8 Å². The summed E-state index contributed by atoms with van der Waals surface area (Å²) in [6, 6.07) is 9.45. The van der Waals surface area contributed by atoms with Crippen LogP contribution in [0.15, 0.2) is 36.4 Å². The molecule has 0 saturated heterocycles. The van der Waals surface area contributed by atoms with Gasteiger partial charge in [-0.15, -0.1) is 0 Å². The number of hydrogen-bond donors (Lipinski definition) is 0. The van der Waals surface area contributed by atoms with E-state index >= 15 is 0 Å². The van der Waals surface area contributed by atoms with Crippen molar-refractivity contribution < 1.29 is 8.78 Å². The van der Waals surface area contributed by atoms with Crippen molar-refractivity contribution in [3.8, 4) is 11.1 Å². The van der Waals surface area contributed by atoms with E-state index in [1.54, 1.807) is 6.07 Å². The number of aryl methyl sites for hydroxylation is 2. The van der Waals surface area contributed by atoms with Gasteiger partial charge in [0.2, 0.25) is 0 Å². The summed E-state index contributed by atoms with van der Waals surface area (Å²) in [5.74, 6) is -1.04. The minimum absolute atomic E-state index is 0.0556. The van der Waals surface area contributed by atoms with Gasteiger partial charge < -0.3 is 0 Å². The van der Waals surface area contributed by atoms with E-state index in [2.05, 4.69) is 0 Å². The monoisotopic (exact) mass is 218 g/mol. The van der Waals surface area contributed by atoms with E-state index < -0.39 is 11.6 Å². The molecule has 16 heavy (non-hydrogen) atoms. The third-order valence-corrected chi connectivity index (χ3v) is 2.61. The van der Waals surface area contributed by atoms with Gasteiger partial charge in [-0.3, -0.25) is 0 Å². The van der Waals surface area contributed by atoms with Gasteiger partial charge >= 0.3 is 0 Å². The number of hydrogen-bond acceptors (Lipinski definition) is 0. The van der Waals surface area contributed by atoms with Crippen LogP contribution in [0.25, 0.3) is 11.1 Å². The summed E-state index contributed by atoms with van der Waals surface area (Å²) in [6.07, 6.45) is 0. The molecule has 0 aliphatic rings. The van der Waals surface area contributed by atoms with E-state index in [0.29, 0.717) is 5.56 Å². The normalized spacial score (nSPS) is 10.5. The van der Waals surface area contributed by atoms with Gasteiger partial charge in [0.1, 0.15) is 11.6 Å². The summed E-state index contributed by atoms with van der Waals surface area (Å²) in [6.45, 7) is 3.81. The summed E-state index contributed by atoms with van der Waals surface area (Å²) in [7, 11) is 0. The first-order valence-electron chi connectivity index (χ1n) is 5.11. The first-order chi connectivity index (χ1) is 7.59. The van der Waals surface area contributed by atoms with Crippen LogP contribution in [0.2, 0.25) is 0 Å². The Morgan fingerprint density at radius 2 is 1.50 bits per heavy atom. The molecule has 82 valence electrons. The van der Waals surface area contributed by atoms with Crippen molar-refractivity contribution in [2.75, 3.05) is 0 Å². The molecule has 0 aromatic heterocycles. The number of benzene rings is 2. The van der Waals surface area contributed by atoms with Crippen LogP contribution in [0.5, 0.6) is 0 Å². The Hall–Kier alpha value is -1.70. The van der Waals surface area contributed by atoms with Crippen molar-refractivity contribution in [3.05, 3.63) is 59.2 Å². The molecule has 0 bridgehead atoms. The molecule has 2 aromatic rings. The molecule has 0 atom stereocenters. The third-order valence-electron chi connectivity index (χ3n) is 2.61. The van der Waals surface area contributed by atoms with Crippen LogP contribution in [0, 0.1) is 25.5 Å². The molecule has 0 fully saturated rings. The Morgan fingerprint density at radius 1 is 0.875 bits per heavy atom. The lowest BCUT2D eigenvalue weighted by atomic mass is 9.98. The van der Waals surface area contributed by atoms with Crippen molar-refractivity contribution in [2.24, 2.45) is 0 Å². The molecular weight excluding hydrogens is 206 g/mol. The summed E-state index contributed by atoms with van der Waals surface area (Å²) in [5, 5.41) is 0. The fourth-order valence-electron chi connectivity index (χ4n) is 1.85. The highest BCUT2D eigenvalue weighted by Crippen LogP contribution is 2.29. The summed E-state index contributed by atoms with van der Waals surface area (Å²) >= 11 is 0. The van der Waals surface area contributed by atoms with Crippen LogP contribution < -0.4 is 0 Å². The third kappa shape index (κ3) is 1.83. The predicted octanol–water partition coefficient (Wildman–Crippen LogP) is 4.25. The van der Waals surface area contributed by atoms with E-state index in [4.69, 9.17) is 0 Å². The summed E-state index contributed by atoms with van der Waals surface area (Å²) in [4.78, 5) is 0. The molecule has 2 aromatic carbocycles. The van der Waals surface area contributed by atoms with Gasteiger partial charge in [0.05, 0.1) is 5.56 Å². The first kappa shape index (κ1) is 10.8. The van der Waals surface area contributed by atoms with E-state index in [1.165, 1.54) is 18.2 Å². The highest BCUT2D eigenvalue weighted by molar-refractivity contribution is 5.68. The molecule has 2 rings (SSSR count). The van der Waals surface area contributed by atoms with Gasteiger partial charge in [0.25, 0.3) is 0 Å². The van der Waals surface area contributed by atoms with Gasteiger partial charge in [-0.05, 0) is 37.1 Å². The van der Waals surface area contributed by atoms with Gasteiger partial charge in [0, 0.05) is 0 Å². The smallest absolute Gasteiger partial charge is 0.133 e. The lowest BCUT2D eigenvalue weighted by Crippen LogP contribution is -1.92. The molecule has 0 amide bonds. The summed E-state index contributed by atoms with van der Waals surface area (Å²) < 4.78 is 27.2. The molecule has 0 spiro atoms. The van der Waals surface area contributed by atoms with E-state index in [0.717, 1.165) is 11.1 Å². The molecular formula is C14H12F2. The standard InChI is InChI=1S/C14H12F2/c1-9-6-7-11(10(2)8-9)14-12(15)4-3-5-13(14)16/h3-8H,1-2H3. The zero-order valence-corrected chi connectivity index (χ0v) is 9.22. The highest BCUT2D eigenvalue weighted by Gasteiger charge is 2.12. The van der Waals surface area contributed by atoms with E-state index in [1.807, 2.05) is 26.0 Å². The average Bonchev–Trinajstić information content (AvgIpc) is 2.20. The largest absolute Gasteiger partial charge is 0.206 e. The Balaban J connectivity index is 2.68. The molecule has 0 radical (unpaired) electrons. The molecule has 0 unspecified atom stereocenters. The molecule has 0 aliphatic carbocycles. The van der Waals surface area contributed by atoms with Crippen LogP contribution in [0.4, 0.5) is 8.78 Å². The van der Waals surface area contributed by atoms with Crippen LogP contribution in [0.1, 0.15) is 11.1 Å². The molecule has 0 nitrogen and oxygen atoms in total. The molecule has 2 heteroatoms. The lowest BCUT2D eigenvalue weighted by Gasteiger charge is -2.09. The SMILES string of the molecule is Cc1ccc(-c2c(F)cccc2F)c(C)c1. The zero-order valence-electron chi connectivity index (χ0n) is 9.22. The van der Waals surface area contributed by atoms with Gasteiger partial charge in [0.15, 0.2) is 0 Å². The molecule has 0 heterocycles. The number of rotatable bonds is 1. The maximum atomic E-state index is 13.6. The minimum Gasteiger partial charge on any atom is -0.206 e. The second kappa shape index (κ2) is 4.05. The van der Waals surface area contributed by atoms with Crippen LogP contribution in [-0.2, 0) is 0 Å². The topological polar surface area (TPSA) is 0 Å². The van der Waals surface area contributed by atoms with Crippen molar-refractivity contribution in [3.63, 3.8) is 0 Å². The zero-order chi connectivity index (χ0) is 11.7. The predicted molar refractivity (Wildman–Crippen MR) is 61.3 cm³/mol. The maximum Gasteiger partial charge on any atom is 0.133 e. The minimum atomic E-state index is -0.521. The van der Waals surface area contributed by atoms with Crippen molar-refractivity contribution >= 4 is 0 Å². The van der Waals surface area contributed by atoms with Crippen molar-refractivity contribution in [1.29, 1.82) is 0 Å². The number of halogens is 2. The van der Waals surface area contributed by atoms with Crippen molar-refractivity contribution in [1.82, 2.24) is 0 Å². The van der Waals surface area contributed by atoms with E-state index in [-0.39, 0.29) is 5.56 Å². The Morgan fingerprint density at radius 3 is 2.06 bits per heavy atom.